The van der Waals surface area contributed by atoms with Crippen molar-refractivity contribution in [3.8, 4) is 33.9 Å². The van der Waals surface area contributed by atoms with Crippen LogP contribution in [0.2, 0.25) is 0 Å². The van der Waals surface area contributed by atoms with Gasteiger partial charge in [-0.15, -0.1) is 0 Å². The number of nitrogens with one attached hydrogen (secondary N) is 3. The predicted molar refractivity (Wildman–Crippen MR) is 145 cm³/mol. The summed E-state index contributed by atoms with van der Waals surface area (Å²) in [5, 5.41) is 11.2. The number of hydrogen-bond acceptors (Lipinski definition) is 6. The Bertz CT molecular complexity index is 1790. The molecule has 0 aliphatic carbocycles. The number of pyridine rings is 2. The quantitative estimate of drug-likeness (QED) is 0.297. The molecule has 1 amide bonds. The number of benzene rings is 2. The topological polar surface area (TPSA) is 115 Å². The van der Waals surface area contributed by atoms with Gasteiger partial charge in [0.25, 0.3) is 0 Å². The molecule has 0 aliphatic heterocycles. The third-order valence-electron chi connectivity index (χ3n) is 6.12. The number of amides is 1. The molecule has 0 atom stereocenters. The molecule has 0 spiro atoms. The van der Waals surface area contributed by atoms with Crippen molar-refractivity contribution >= 4 is 33.5 Å². The maximum Gasteiger partial charge on any atom is 0.238 e. The molecule has 4 aromatic heterocycles. The molecule has 9 nitrogen and oxygen atoms in total. The Morgan fingerprint density at radius 1 is 1.00 bits per heavy atom. The number of fused-ring (bicyclic) bond motifs is 2. The monoisotopic (exact) mass is 506 g/mol. The molecular weight excluding hydrogens is 483 g/mol. The number of rotatable bonds is 6. The molecular formula is C28H23FN8O. The van der Waals surface area contributed by atoms with Crippen LogP contribution in [0.5, 0.6) is 0 Å². The van der Waals surface area contributed by atoms with Gasteiger partial charge < -0.3 is 15.2 Å². The molecule has 188 valence electrons. The van der Waals surface area contributed by atoms with E-state index in [-0.39, 0.29) is 18.3 Å². The van der Waals surface area contributed by atoms with Crippen molar-refractivity contribution in [1.29, 1.82) is 0 Å². The molecule has 3 N–H and O–H groups in total. The second kappa shape index (κ2) is 9.49. The summed E-state index contributed by atoms with van der Waals surface area (Å²) in [5.41, 5.74) is 6.81. The van der Waals surface area contributed by atoms with Gasteiger partial charge in [-0.25, -0.2) is 9.37 Å². The molecule has 0 unspecified atom stereocenters. The third kappa shape index (κ3) is 4.48. The molecule has 4 heterocycles. The zero-order valence-electron chi connectivity index (χ0n) is 20.7. The molecule has 6 aromatic rings. The Labute approximate surface area is 216 Å². The summed E-state index contributed by atoms with van der Waals surface area (Å²) in [7, 11) is 3.67. The predicted octanol–water partition coefficient (Wildman–Crippen LogP) is 4.87. The molecule has 0 saturated heterocycles. The zero-order valence-corrected chi connectivity index (χ0v) is 20.7. The lowest BCUT2D eigenvalue weighted by atomic mass is 10.0. The minimum atomic E-state index is -0.285. The van der Waals surface area contributed by atoms with Gasteiger partial charge in [-0.1, -0.05) is 24.3 Å². The highest BCUT2D eigenvalue weighted by Crippen LogP contribution is 2.32. The number of carbonyl (C=O) groups excluding carboxylic acids is 1. The molecule has 6 rings (SSSR count). The van der Waals surface area contributed by atoms with E-state index >= 15 is 0 Å². The smallest absolute Gasteiger partial charge is 0.238 e. The molecule has 0 fully saturated rings. The summed E-state index contributed by atoms with van der Waals surface area (Å²) in [6, 6.07) is 16.0. The first-order valence-corrected chi connectivity index (χ1v) is 11.9. The number of H-pyrrole nitrogens is 2. The van der Waals surface area contributed by atoms with Gasteiger partial charge in [-0.2, -0.15) is 5.10 Å². The Hall–Kier alpha value is -4.96. The van der Waals surface area contributed by atoms with Crippen LogP contribution in [-0.2, 0) is 4.79 Å². The van der Waals surface area contributed by atoms with Crippen molar-refractivity contribution in [3.63, 3.8) is 0 Å². The molecule has 10 heteroatoms. The van der Waals surface area contributed by atoms with Crippen molar-refractivity contribution in [3.05, 3.63) is 79.0 Å². The fourth-order valence-corrected chi connectivity index (χ4v) is 4.40. The van der Waals surface area contributed by atoms with Crippen LogP contribution in [0.3, 0.4) is 0 Å². The van der Waals surface area contributed by atoms with Crippen LogP contribution in [0.1, 0.15) is 0 Å². The van der Waals surface area contributed by atoms with E-state index < -0.39 is 0 Å². The van der Waals surface area contributed by atoms with Gasteiger partial charge in [-0.3, -0.25) is 19.9 Å². The van der Waals surface area contributed by atoms with Gasteiger partial charge in [0, 0.05) is 22.7 Å². The van der Waals surface area contributed by atoms with E-state index in [1.54, 1.807) is 35.6 Å². The summed E-state index contributed by atoms with van der Waals surface area (Å²) in [6.45, 7) is 0.271. The third-order valence-corrected chi connectivity index (χ3v) is 6.12. The number of imidazole rings is 1. The maximum atomic E-state index is 13.5. The number of nitrogens with zero attached hydrogens (tertiary/aromatic N) is 5. The first-order chi connectivity index (χ1) is 18.4. The Morgan fingerprint density at radius 3 is 2.66 bits per heavy atom. The van der Waals surface area contributed by atoms with Crippen molar-refractivity contribution in [2.24, 2.45) is 0 Å². The van der Waals surface area contributed by atoms with Gasteiger partial charge in [0.2, 0.25) is 5.91 Å². The van der Waals surface area contributed by atoms with E-state index in [0.717, 1.165) is 38.6 Å². The SMILES string of the molecule is CN(C)CC(=O)Nc1cncc(-c2cc3c(-c4nc5c(-c6ccc(F)cc6)cccc5[nH]4)n[nH]c3cn2)c1. The number of halogens is 1. The molecule has 0 aliphatic rings. The number of hydrogen-bond donors (Lipinski definition) is 3. The first kappa shape index (κ1) is 23.4. The molecule has 2 aromatic carbocycles. The lowest BCUT2D eigenvalue weighted by Crippen LogP contribution is -2.27. The number of aromatic amines is 2. The van der Waals surface area contributed by atoms with Crippen molar-refractivity contribution in [2.75, 3.05) is 26.0 Å². The Morgan fingerprint density at radius 2 is 1.84 bits per heavy atom. The van der Waals surface area contributed by atoms with Crippen LogP contribution in [0.4, 0.5) is 10.1 Å². The molecule has 0 saturated carbocycles. The highest BCUT2D eigenvalue weighted by Gasteiger charge is 2.16. The standard InChI is InChI=1S/C28H23FN8O/c1-37(2)15-25(38)32-19-10-17(12-30-13-19)23-11-21-24(14-31-23)35-36-27(21)28-33-22-5-3-4-20(26(22)34-28)16-6-8-18(29)9-7-16/h3-14H,15H2,1-2H3,(H,32,38)(H,33,34)(H,35,36). The van der Waals surface area contributed by atoms with Crippen LogP contribution < -0.4 is 5.32 Å². The molecule has 0 radical (unpaired) electrons. The van der Waals surface area contributed by atoms with Crippen LogP contribution >= 0.6 is 0 Å². The second-order valence-electron chi connectivity index (χ2n) is 9.23. The molecule has 38 heavy (non-hydrogen) atoms. The lowest BCUT2D eigenvalue weighted by Gasteiger charge is -2.10. The van der Waals surface area contributed by atoms with Gasteiger partial charge >= 0.3 is 0 Å². The number of para-hydroxylation sites is 1. The second-order valence-corrected chi connectivity index (χ2v) is 9.23. The van der Waals surface area contributed by atoms with Gasteiger partial charge in [0.15, 0.2) is 5.82 Å². The summed E-state index contributed by atoms with van der Waals surface area (Å²) in [6.07, 6.45) is 5.02. The zero-order chi connectivity index (χ0) is 26.2. The first-order valence-electron chi connectivity index (χ1n) is 11.9. The van der Waals surface area contributed by atoms with Gasteiger partial charge in [0.1, 0.15) is 11.5 Å². The van der Waals surface area contributed by atoms with Crippen molar-refractivity contribution in [1.82, 2.24) is 35.0 Å². The Balaban J connectivity index is 1.38. The summed E-state index contributed by atoms with van der Waals surface area (Å²) in [5.74, 6) is 0.188. The summed E-state index contributed by atoms with van der Waals surface area (Å²) >= 11 is 0. The number of anilines is 1. The number of aromatic nitrogens is 6. The Kier molecular flexibility index (Phi) is 5.85. The number of carbonyl (C=O) groups is 1. The van der Waals surface area contributed by atoms with Gasteiger partial charge in [-0.05, 0) is 50.0 Å². The normalized spacial score (nSPS) is 11.5. The van der Waals surface area contributed by atoms with E-state index in [0.29, 0.717) is 22.9 Å². The van der Waals surface area contributed by atoms with Crippen LogP contribution in [0.25, 0.3) is 55.8 Å². The average molecular weight is 507 g/mol. The van der Waals surface area contributed by atoms with E-state index in [2.05, 4.69) is 30.5 Å². The van der Waals surface area contributed by atoms with E-state index in [4.69, 9.17) is 4.98 Å². The van der Waals surface area contributed by atoms with E-state index in [9.17, 15) is 9.18 Å². The molecule has 0 bridgehead atoms. The largest absolute Gasteiger partial charge is 0.337 e. The number of likely N-dealkylation sites (N-methyl/N-ethyl adjacent to an activating group) is 1. The summed E-state index contributed by atoms with van der Waals surface area (Å²) in [4.78, 5) is 31.0. The highest BCUT2D eigenvalue weighted by atomic mass is 19.1. The van der Waals surface area contributed by atoms with E-state index in [1.165, 1.54) is 12.1 Å². The average Bonchev–Trinajstić information content (AvgIpc) is 3.52. The van der Waals surface area contributed by atoms with E-state index in [1.807, 2.05) is 44.4 Å². The minimum Gasteiger partial charge on any atom is -0.337 e. The maximum absolute atomic E-state index is 13.5. The fourth-order valence-electron chi connectivity index (χ4n) is 4.40. The van der Waals surface area contributed by atoms with Crippen molar-refractivity contribution in [2.45, 2.75) is 0 Å². The van der Waals surface area contributed by atoms with Crippen LogP contribution in [0.15, 0.2) is 73.2 Å². The van der Waals surface area contributed by atoms with Crippen molar-refractivity contribution < 1.29 is 9.18 Å². The van der Waals surface area contributed by atoms with Crippen LogP contribution in [0, 0.1) is 5.82 Å². The summed E-state index contributed by atoms with van der Waals surface area (Å²) < 4.78 is 13.5. The van der Waals surface area contributed by atoms with Gasteiger partial charge in [0.05, 0.1) is 46.9 Å². The fraction of sp³-hybridized carbons (Fsp3) is 0.107. The highest BCUT2D eigenvalue weighted by molar-refractivity contribution is 5.98. The lowest BCUT2D eigenvalue weighted by molar-refractivity contribution is -0.116. The minimum absolute atomic E-state index is 0.126. The van der Waals surface area contributed by atoms with Crippen LogP contribution in [-0.4, -0.2) is 61.6 Å².